The van der Waals surface area contributed by atoms with E-state index in [-0.39, 0.29) is 17.4 Å². The number of aromatic nitrogens is 3. The van der Waals surface area contributed by atoms with Crippen LogP contribution in [0.15, 0.2) is 29.1 Å². The summed E-state index contributed by atoms with van der Waals surface area (Å²) in [5.74, 6) is -0.229. The molecule has 0 bridgehead atoms. The molecule has 0 spiro atoms. The second-order valence-electron chi connectivity index (χ2n) is 5.81. The first-order valence-electron chi connectivity index (χ1n) is 7.90. The van der Waals surface area contributed by atoms with E-state index in [2.05, 4.69) is 15.4 Å². The van der Waals surface area contributed by atoms with Gasteiger partial charge >= 0.3 is 0 Å². The Morgan fingerprint density at radius 3 is 2.88 bits per heavy atom. The average Bonchev–Trinajstić information content (AvgIpc) is 2.93. The maximum absolute atomic E-state index is 13.7. The largest absolute Gasteiger partial charge is 0.354 e. The van der Waals surface area contributed by atoms with Crippen LogP contribution < -0.4 is 10.9 Å². The number of benzene rings is 1. The summed E-state index contributed by atoms with van der Waals surface area (Å²) in [4.78, 5) is 17.2. The van der Waals surface area contributed by atoms with Crippen molar-refractivity contribution in [3.05, 3.63) is 57.3 Å². The lowest BCUT2D eigenvalue weighted by Crippen LogP contribution is -2.15. The number of hydrogen-bond acceptors (Lipinski definition) is 5. The zero-order valence-corrected chi connectivity index (χ0v) is 14.7. The van der Waals surface area contributed by atoms with Gasteiger partial charge in [-0.1, -0.05) is 36.8 Å². The molecule has 2 heterocycles. The molecular weight excluding hydrogens is 327 g/mol. The number of halogens is 1. The molecule has 5 nitrogen and oxygen atoms in total. The van der Waals surface area contributed by atoms with Crippen LogP contribution in [0.25, 0.3) is 4.96 Å². The molecule has 0 radical (unpaired) electrons. The summed E-state index contributed by atoms with van der Waals surface area (Å²) in [6.07, 6.45) is 1.70. The number of anilines is 1. The van der Waals surface area contributed by atoms with Gasteiger partial charge in [0.1, 0.15) is 5.82 Å². The van der Waals surface area contributed by atoms with E-state index >= 15 is 0 Å². The topological polar surface area (TPSA) is 59.3 Å². The van der Waals surface area contributed by atoms with Crippen molar-refractivity contribution < 1.29 is 4.39 Å². The number of nitrogens with one attached hydrogen (secondary N) is 1. The number of aryl methyl sites for hydroxylation is 2. The number of fused-ring (bicyclic) bond motifs is 1. The van der Waals surface area contributed by atoms with Crippen molar-refractivity contribution in [3.63, 3.8) is 0 Å². The molecule has 3 aromatic rings. The Bertz CT molecular complexity index is 934. The molecule has 0 amide bonds. The highest BCUT2D eigenvalue weighted by Gasteiger charge is 2.13. The molecule has 7 heteroatoms. The van der Waals surface area contributed by atoms with Crippen LogP contribution in [0.2, 0.25) is 0 Å². The van der Waals surface area contributed by atoms with E-state index in [1.807, 2.05) is 19.9 Å². The monoisotopic (exact) mass is 346 g/mol. The molecule has 1 aromatic carbocycles. The van der Waals surface area contributed by atoms with E-state index in [9.17, 15) is 9.18 Å². The van der Waals surface area contributed by atoms with Crippen molar-refractivity contribution in [1.29, 1.82) is 0 Å². The Morgan fingerprint density at radius 2 is 2.17 bits per heavy atom. The van der Waals surface area contributed by atoms with Gasteiger partial charge in [-0.05, 0) is 37.5 Å². The van der Waals surface area contributed by atoms with Crippen LogP contribution in [-0.2, 0) is 6.42 Å². The Hall–Kier alpha value is -2.28. The first-order valence-corrected chi connectivity index (χ1v) is 8.72. The molecule has 1 N–H and O–H groups in total. The second kappa shape index (κ2) is 6.68. The van der Waals surface area contributed by atoms with Gasteiger partial charge in [-0.15, -0.1) is 5.10 Å². The van der Waals surface area contributed by atoms with Crippen LogP contribution in [0.5, 0.6) is 0 Å². The van der Waals surface area contributed by atoms with E-state index in [0.29, 0.717) is 15.7 Å². The minimum atomic E-state index is -0.229. The van der Waals surface area contributed by atoms with Gasteiger partial charge in [0, 0.05) is 11.8 Å². The molecule has 126 valence electrons. The minimum Gasteiger partial charge on any atom is -0.354 e. The third-order valence-corrected chi connectivity index (χ3v) is 4.68. The first-order chi connectivity index (χ1) is 11.5. The third kappa shape index (κ3) is 3.31. The fraction of sp³-hybridized carbons (Fsp3) is 0.353. The normalized spacial score (nSPS) is 12.5. The predicted octanol–water partition coefficient (Wildman–Crippen LogP) is 3.72. The van der Waals surface area contributed by atoms with Crippen LogP contribution in [0.1, 0.15) is 43.1 Å². The van der Waals surface area contributed by atoms with Gasteiger partial charge in [-0.2, -0.15) is 4.52 Å². The molecule has 0 fully saturated rings. The fourth-order valence-corrected chi connectivity index (χ4v) is 3.36. The highest BCUT2D eigenvalue weighted by Crippen LogP contribution is 2.24. The van der Waals surface area contributed by atoms with Gasteiger partial charge in [0.15, 0.2) is 0 Å². The van der Waals surface area contributed by atoms with Crippen molar-refractivity contribution in [3.8, 4) is 0 Å². The summed E-state index contributed by atoms with van der Waals surface area (Å²) < 4.78 is 15.0. The average molecular weight is 346 g/mol. The molecule has 2 aromatic heterocycles. The molecule has 0 saturated carbocycles. The van der Waals surface area contributed by atoms with E-state index in [1.165, 1.54) is 28.0 Å². The quantitative estimate of drug-likeness (QED) is 0.765. The van der Waals surface area contributed by atoms with E-state index in [0.717, 1.165) is 24.1 Å². The Balaban J connectivity index is 1.88. The minimum absolute atomic E-state index is 0.133. The van der Waals surface area contributed by atoms with E-state index < -0.39 is 0 Å². The standard InChI is InChI=1S/C17H19FN4OS/c1-4-5-13-9-15(23)22-17(20-13)24-16(21-22)19-11(3)12-7-6-10(2)14(18)8-12/h6-9,11H,4-5H2,1-3H3,(H,19,21). The molecule has 1 atom stereocenters. The Labute approximate surface area is 143 Å². The summed E-state index contributed by atoms with van der Waals surface area (Å²) in [6, 6.07) is 6.55. The third-order valence-electron chi connectivity index (χ3n) is 3.84. The maximum atomic E-state index is 13.7. The van der Waals surface area contributed by atoms with Crippen molar-refractivity contribution in [2.75, 3.05) is 5.32 Å². The molecule has 1 unspecified atom stereocenters. The first kappa shape index (κ1) is 16.6. The Morgan fingerprint density at radius 1 is 1.38 bits per heavy atom. The van der Waals surface area contributed by atoms with Crippen LogP contribution in [-0.4, -0.2) is 14.6 Å². The zero-order chi connectivity index (χ0) is 17.3. The summed E-state index contributed by atoms with van der Waals surface area (Å²) in [7, 11) is 0. The van der Waals surface area contributed by atoms with E-state index in [4.69, 9.17) is 0 Å². The highest BCUT2D eigenvalue weighted by atomic mass is 32.1. The summed E-state index contributed by atoms with van der Waals surface area (Å²) in [6.45, 7) is 5.71. The lowest BCUT2D eigenvalue weighted by atomic mass is 10.1. The van der Waals surface area contributed by atoms with Gasteiger partial charge in [0.2, 0.25) is 10.1 Å². The van der Waals surface area contributed by atoms with Gasteiger partial charge in [-0.3, -0.25) is 4.79 Å². The van der Waals surface area contributed by atoms with Crippen molar-refractivity contribution in [2.24, 2.45) is 0 Å². The molecule has 0 aliphatic carbocycles. The van der Waals surface area contributed by atoms with Gasteiger partial charge in [0.05, 0.1) is 6.04 Å². The molecule has 0 saturated heterocycles. The van der Waals surface area contributed by atoms with Crippen molar-refractivity contribution >= 4 is 21.4 Å². The van der Waals surface area contributed by atoms with Crippen molar-refractivity contribution in [2.45, 2.75) is 39.7 Å². The van der Waals surface area contributed by atoms with Gasteiger partial charge < -0.3 is 5.32 Å². The van der Waals surface area contributed by atoms with Crippen LogP contribution in [0.3, 0.4) is 0 Å². The van der Waals surface area contributed by atoms with Crippen LogP contribution in [0.4, 0.5) is 9.52 Å². The van der Waals surface area contributed by atoms with Gasteiger partial charge in [-0.25, -0.2) is 9.37 Å². The number of hydrogen-bond donors (Lipinski definition) is 1. The smallest absolute Gasteiger partial charge is 0.275 e. The summed E-state index contributed by atoms with van der Waals surface area (Å²) in [5, 5.41) is 8.07. The summed E-state index contributed by atoms with van der Waals surface area (Å²) in [5.41, 5.74) is 2.04. The summed E-state index contributed by atoms with van der Waals surface area (Å²) >= 11 is 1.32. The number of rotatable bonds is 5. The Kier molecular flexibility index (Phi) is 4.62. The van der Waals surface area contributed by atoms with E-state index in [1.54, 1.807) is 13.0 Å². The van der Waals surface area contributed by atoms with Crippen LogP contribution in [0, 0.1) is 12.7 Å². The number of nitrogens with zero attached hydrogens (tertiary/aromatic N) is 3. The molecule has 0 aliphatic heterocycles. The van der Waals surface area contributed by atoms with Crippen molar-refractivity contribution in [1.82, 2.24) is 14.6 Å². The molecule has 3 rings (SSSR count). The maximum Gasteiger partial charge on any atom is 0.275 e. The second-order valence-corrected chi connectivity index (χ2v) is 6.77. The van der Waals surface area contributed by atoms with Gasteiger partial charge in [0.25, 0.3) is 5.56 Å². The molecule has 0 aliphatic rings. The predicted molar refractivity (Wildman–Crippen MR) is 94.3 cm³/mol. The lowest BCUT2D eigenvalue weighted by molar-refractivity contribution is 0.614. The highest BCUT2D eigenvalue weighted by molar-refractivity contribution is 7.20. The van der Waals surface area contributed by atoms with Crippen LogP contribution >= 0.6 is 11.3 Å². The fourth-order valence-electron chi connectivity index (χ4n) is 2.45. The lowest BCUT2D eigenvalue weighted by Gasteiger charge is -2.13. The SMILES string of the molecule is CCCc1cc(=O)n2nc(NC(C)c3ccc(C)c(F)c3)sc2n1. The molecular formula is C17H19FN4OS. The zero-order valence-electron chi connectivity index (χ0n) is 13.8. The molecule has 24 heavy (non-hydrogen) atoms.